The molecule has 0 bridgehead atoms. The van der Waals surface area contributed by atoms with E-state index in [2.05, 4.69) is 5.10 Å². The number of hydrogen-bond acceptors (Lipinski definition) is 5. The van der Waals surface area contributed by atoms with E-state index in [1.165, 1.54) is 28.5 Å². The molecule has 0 aliphatic rings. The Balaban J connectivity index is 2.99. The zero-order valence-corrected chi connectivity index (χ0v) is 12.3. The van der Waals surface area contributed by atoms with Crippen LogP contribution in [0.15, 0.2) is 17.3 Å². The number of hydrogen-bond donors (Lipinski definition) is 1. The smallest absolute Gasteiger partial charge is 0.246 e. The molecule has 1 rings (SSSR count). The van der Waals surface area contributed by atoms with E-state index in [-0.39, 0.29) is 24.1 Å². The highest BCUT2D eigenvalue weighted by molar-refractivity contribution is 7.89. The SMILES string of the molecule is CCN(C(C)COC)S(=O)(=O)c1cnn(CCO)c1. The molecule has 1 N–H and O–H groups in total. The Morgan fingerprint density at radius 2 is 2.26 bits per heavy atom. The number of likely N-dealkylation sites (N-methyl/N-ethyl adjacent to an activating group) is 1. The fraction of sp³-hybridized carbons (Fsp3) is 0.727. The zero-order chi connectivity index (χ0) is 14.5. The van der Waals surface area contributed by atoms with Crippen LogP contribution in [0.2, 0.25) is 0 Å². The lowest BCUT2D eigenvalue weighted by Gasteiger charge is -2.25. The third-order valence-corrected chi connectivity index (χ3v) is 4.80. The van der Waals surface area contributed by atoms with Crippen molar-refractivity contribution in [2.24, 2.45) is 0 Å². The molecule has 7 nitrogen and oxygen atoms in total. The summed E-state index contributed by atoms with van der Waals surface area (Å²) in [4.78, 5) is 0.130. The molecule has 1 aromatic rings. The Labute approximate surface area is 113 Å². The summed E-state index contributed by atoms with van der Waals surface area (Å²) in [6.07, 6.45) is 2.72. The van der Waals surface area contributed by atoms with Gasteiger partial charge in [0.25, 0.3) is 0 Å². The molecule has 0 aromatic carbocycles. The van der Waals surface area contributed by atoms with E-state index in [9.17, 15) is 8.42 Å². The van der Waals surface area contributed by atoms with E-state index >= 15 is 0 Å². The number of aliphatic hydroxyl groups is 1. The Kier molecular flexibility index (Phi) is 5.92. The number of aromatic nitrogens is 2. The van der Waals surface area contributed by atoms with Gasteiger partial charge in [0.15, 0.2) is 0 Å². The van der Waals surface area contributed by atoms with Gasteiger partial charge in [-0.25, -0.2) is 8.42 Å². The Hall–Kier alpha value is -0.960. The summed E-state index contributed by atoms with van der Waals surface area (Å²) in [7, 11) is -2.04. The van der Waals surface area contributed by atoms with E-state index in [0.29, 0.717) is 13.2 Å². The van der Waals surface area contributed by atoms with Gasteiger partial charge in [0.1, 0.15) is 4.90 Å². The molecular weight excluding hydrogens is 270 g/mol. The number of ether oxygens (including phenoxy) is 1. The lowest BCUT2D eigenvalue weighted by Crippen LogP contribution is -2.40. The summed E-state index contributed by atoms with van der Waals surface area (Å²) in [5, 5.41) is 12.7. The minimum absolute atomic E-state index is 0.0846. The number of sulfonamides is 1. The predicted octanol–water partition coefficient (Wildman–Crippen LogP) is -0.0791. The maximum atomic E-state index is 12.5. The molecule has 0 spiro atoms. The first-order valence-electron chi connectivity index (χ1n) is 6.11. The summed E-state index contributed by atoms with van der Waals surface area (Å²) in [6, 6.07) is -0.249. The minimum Gasteiger partial charge on any atom is -0.394 e. The van der Waals surface area contributed by atoms with Crippen molar-refractivity contribution in [3.05, 3.63) is 12.4 Å². The van der Waals surface area contributed by atoms with Gasteiger partial charge in [0, 0.05) is 25.9 Å². The van der Waals surface area contributed by atoms with Crippen LogP contribution in [-0.2, 0) is 21.3 Å². The molecule has 19 heavy (non-hydrogen) atoms. The Morgan fingerprint density at radius 3 is 2.79 bits per heavy atom. The van der Waals surface area contributed by atoms with Crippen LogP contribution in [0.3, 0.4) is 0 Å². The molecule has 1 heterocycles. The van der Waals surface area contributed by atoms with Gasteiger partial charge in [-0.05, 0) is 6.92 Å². The van der Waals surface area contributed by atoms with Crippen LogP contribution < -0.4 is 0 Å². The maximum Gasteiger partial charge on any atom is 0.246 e. The molecule has 8 heteroatoms. The minimum atomic E-state index is -3.58. The molecule has 0 amide bonds. The average molecular weight is 291 g/mol. The Morgan fingerprint density at radius 1 is 1.58 bits per heavy atom. The van der Waals surface area contributed by atoms with Crippen molar-refractivity contribution in [3.63, 3.8) is 0 Å². The van der Waals surface area contributed by atoms with Gasteiger partial charge in [-0.3, -0.25) is 4.68 Å². The molecule has 0 aliphatic carbocycles. The molecule has 0 aliphatic heterocycles. The van der Waals surface area contributed by atoms with Crippen LogP contribution in [0.4, 0.5) is 0 Å². The second kappa shape index (κ2) is 6.99. The van der Waals surface area contributed by atoms with Gasteiger partial charge < -0.3 is 9.84 Å². The lowest BCUT2D eigenvalue weighted by molar-refractivity contribution is 0.142. The largest absolute Gasteiger partial charge is 0.394 e. The topological polar surface area (TPSA) is 84.7 Å². The van der Waals surface area contributed by atoms with Crippen molar-refractivity contribution in [1.82, 2.24) is 14.1 Å². The average Bonchev–Trinajstić information content (AvgIpc) is 2.79. The summed E-state index contributed by atoms with van der Waals surface area (Å²) >= 11 is 0. The van der Waals surface area contributed by atoms with Crippen LogP contribution >= 0.6 is 0 Å². The fourth-order valence-electron chi connectivity index (χ4n) is 1.88. The summed E-state index contributed by atoms with van der Waals surface area (Å²) in [5.41, 5.74) is 0. The first kappa shape index (κ1) is 16.1. The quantitative estimate of drug-likeness (QED) is 0.724. The number of methoxy groups -OCH3 is 1. The molecule has 1 unspecified atom stereocenters. The third-order valence-electron chi connectivity index (χ3n) is 2.76. The summed E-state index contributed by atoms with van der Waals surface area (Å²) in [6.45, 7) is 4.45. The zero-order valence-electron chi connectivity index (χ0n) is 11.5. The first-order valence-corrected chi connectivity index (χ1v) is 7.55. The number of nitrogens with zero attached hydrogens (tertiary/aromatic N) is 3. The summed E-state index contributed by atoms with van der Waals surface area (Å²) in [5.74, 6) is 0. The van der Waals surface area contributed by atoms with E-state index < -0.39 is 10.0 Å². The molecule has 1 aromatic heterocycles. The summed E-state index contributed by atoms with van der Waals surface area (Å²) < 4.78 is 32.7. The lowest BCUT2D eigenvalue weighted by atomic mass is 10.4. The maximum absolute atomic E-state index is 12.5. The van der Waals surface area contributed by atoms with E-state index in [1.807, 2.05) is 0 Å². The Bertz CT molecular complexity index is 486. The number of aliphatic hydroxyl groups excluding tert-OH is 1. The monoisotopic (exact) mass is 291 g/mol. The molecule has 0 fully saturated rings. The van der Waals surface area contributed by atoms with Crippen LogP contribution in [0.5, 0.6) is 0 Å². The highest BCUT2D eigenvalue weighted by Crippen LogP contribution is 2.17. The second-order valence-corrected chi connectivity index (χ2v) is 6.07. The fourth-order valence-corrected chi connectivity index (χ4v) is 3.46. The van der Waals surface area contributed by atoms with Crippen LogP contribution in [0.25, 0.3) is 0 Å². The van der Waals surface area contributed by atoms with E-state index in [4.69, 9.17) is 9.84 Å². The molecule has 0 saturated carbocycles. The van der Waals surface area contributed by atoms with Gasteiger partial charge in [0.05, 0.1) is 26.0 Å². The van der Waals surface area contributed by atoms with Crippen LogP contribution in [-0.4, -0.2) is 60.5 Å². The van der Waals surface area contributed by atoms with E-state index in [0.717, 1.165) is 0 Å². The van der Waals surface area contributed by atoms with Gasteiger partial charge >= 0.3 is 0 Å². The number of rotatable bonds is 8. The van der Waals surface area contributed by atoms with Gasteiger partial charge in [-0.1, -0.05) is 6.92 Å². The van der Waals surface area contributed by atoms with Crippen molar-refractivity contribution >= 4 is 10.0 Å². The van der Waals surface area contributed by atoms with Gasteiger partial charge in [0.2, 0.25) is 10.0 Å². The van der Waals surface area contributed by atoms with Crippen molar-refractivity contribution in [2.45, 2.75) is 31.3 Å². The molecule has 0 radical (unpaired) electrons. The highest BCUT2D eigenvalue weighted by Gasteiger charge is 2.28. The van der Waals surface area contributed by atoms with Crippen LogP contribution in [0.1, 0.15) is 13.8 Å². The van der Waals surface area contributed by atoms with Gasteiger partial charge in [-0.2, -0.15) is 9.40 Å². The van der Waals surface area contributed by atoms with Crippen molar-refractivity contribution in [3.8, 4) is 0 Å². The van der Waals surface area contributed by atoms with E-state index in [1.54, 1.807) is 13.8 Å². The highest BCUT2D eigenvalue weighted by atomic mass is 32.2. The first-order chi connectivity index (χ1) is 8.97. The van der Waals surface area contributed by atoms with Crippen molar-refractivity contribution in [1.29, 1.82) is 0 Å². The van der Waals surface area contributed by atoms with Crippen LogP contribution in [0, 0.1) is 0 Å². The van der Waals surface area contributed by atoms with Crippen molar-refractivity contribution < 1.29 is 18.3 Å². The van der Waals surface area contributed by atoms with Gasteiger partial charge in [-0.15, -0.1) is 0 Å². The molecular formula is C11H21N3O4S. The molecule has 1 atom stereocenters. The molecule has 0 saturated heterocycles. The normalized spacial score (nSPS) is 13.9. The third kappa shape index (κ3) is 3.75. The second-order valence-electron chi connectivity index (χ2n) is 4.18. The van der Waals surface area contributed by atoms with Crippen molar-refractivity contribution in [2.75, 3.05) is 26.9 Å². The predicted molar refractivity (Wildman–Crippen MR) is 70.2 cm³/mol. The molecule has 110 valence electrons. The standard InChI is InChI=1S/C11H21N3O4S/c1-4-14(10(2)9-18-3)19(16,17)11-7-12-13(8-11)5-6-15/h7-8,10,15H,4-6,9H2,1-3H3.